The molecule has 23 heavy (non-hydrogen) atoms. The Hall–Kier alpha value is -1.66. The molecule has 0 saturated carbocycles. The zero-order chi connectivity index (χ0) is 16.6. The van der Waals surface area contributed by atoms with Gasteiger partial charge in [-0.15, -0.1) is 0 Å². The Bertz CT molecular complexity index is 796. The minimum Gasteiger partial charge on any atom is -0.361 e. The summed E-state index contributed by atoms with van der Waals surface area (Å²) in [6.07, 6.45) is 1.61. The fourth-order valence-corrected chi connectivity index (χ4v) is 4.92. The average Bonchev–Trinajstić information content (AvgIpc) is 3.16. The van der Waals surface area contributed by atoms with Gasteiger partial charge >= 0.3 is 0 Å². The van der Waals surface area contributed by atoms with Crippen molar-refractivity contribution in [2.24, 2.45) is 0 Å². The smallest absolute Gasteiger partial charge is 0.243 e. The van der Waals surface area contributed by atoms with E-state index in [-0.39, 0.29) is 12.0 Å². The zero-order valence-corrected chi connectivity index (χ0v) is 14.5. The molecule has 0 spiro atoms. The highest BCUT2D eigenvalue weighted by atomic mass is 32.2. The molecule has 0 aliphatic carbocycles. The van der Waals surface area contributed by atoms with Crippen molar-refractivity contribution < 1.29 is 12.9 Å². The molecule has 1 aromatic carbocycles. The molecule has 1 aliphatic rings. The first kappa shape index (κ1) is 16.2. The summed E-state index contributed by atoms with van der Waals surface area (Å²) >= 11 is 0. The molecule has 0 amide bonds. The topological polar surface area (TPSA) is 63.4 Å². The quantitative estimate of drug-likeness (QED) is 0.856. The van der Waals surface area contributed by atoms with Gasteiger partial charge in [-0.3, -0.25) is 0 Å². The highest BCUT2D eigenvalue weighted by molar-refractivity contribution is 7.89. The summed E-state index contributed by atoms with van der Waals surface area (Å²) in [6, 6.07) is 8.75. The number of aromatic nitrogens is 1. The van der Waals surface area contributed by atoms with Crippen LogP contribution in [0.3, 0.4) is 0 Å². The van der Waals surface area contributed by atoms with E-state index < -0.39 is 10.0 Å². The van der Waals surface area contributed by atoms with E-state index in [0.29, 0.717) is 17.1 Å². The van der Waals surface area contributed by atoms with Crippen LogP contribution in [0.15, 0.2) is 39.8 Å². The molecular weight excluding hydrogens is 312 g/mol. The van der Waals surface area contributed by atoms with Crippen molar-refractivity contribution >= 4 is 10.0 Å². The summed E-state index contributed by atoms with van der Waals surface area (Å²) in [5.74, 6) is 1.03. The molecule has 6 heteroatoms. The summed E-state index contributed by atoms with van der Waals surface area (Å²) in [7, 11) is -3.53. The third-order valence-corrected chi connectivity index (χ3v) is 6.41. The van der Waals surface area contributed by atoms with Gasteiger partial charge in [0.05, 0.1) is 10.9 Å². The first-order valence-corrected chi connectivity index (χ1v) is 9.39. The molecule has 0 N–H and O–H groups in total. The molecule has 3 rings (SSSR count). The Labute approximate surface area is 137 Å². The molecule has 0 bridgehead atoms. The zero-order valence-electron chi connectivity index (χ0n) is 13.7. The van der Waals surface area contributed by atoms with Gasteiger partial charge in [0.2, 0.25) is 10.0 Å². The number of sulfonamides is 1. The van der Waals surface area contributed by atoms with Crippen molar-refractivity contribution in [3.05, 3.63) is 47.3 Å². The Morgan fingerprint density at radius 1 is 1.30 bits per heavy atom. The van der Waals surface area contributed by atoms with Crippen molar-refractivity contribution in [2.75, 3.05) is 6.54 Å². The molecule has 1 aromatic heterocycles. The molecule has 1 aliphatic heterocycles. The number of hydrogen-bond donors (Lipinski definition) is 0. The van der Waals surface area contributed by atoms with E-state index in [1.807, 2.05) is 39.0 Å². The predicted octanol–water partition coefficient (Wildman–Crippen LogP) is 3.63. The second kappa shape index (κ2) is 6.09. The summed E-state index contributed by atoms with van der Waals surface area (Å²) in [5.41, 5.74) is 1.48. The lowest BCUT2D eigenvalue weighted by Gasteiger charge is -2.23. The van der Waals surface area contributed by atoms with Gasteiger partial charge in [0.25, 0.3) is 0 Å². The molecule has 2 aromatic rings. The molecule has 0 radical (unpaired) electrons. The van der Waals surface area contributed by atoms with Crippen LogP contribution < -0.4 is 0 Å². The fraction of sp³-hybridized carbons (Fsp3) is 0.471. The minimum absolute atomic E-state index is 0.235. The highest BCUT2D eigenvalue weighted by Crippen LogP contribution is 2.37. The van der Waals surface area contributed by atoms with Crippen LogP contribution in [0.1, 0.15) is 55.7 Å². The van der Waals surface area contributed by atoms with Crippen LogP contribution in [0, 0.1) is 6.92 Å². The third kappa shape index (κ3) is 2.93. The fourth-order valence-electron chi connectivity index (χ4n) is 3.03. The van der Waals surface area contributed by atoms with Gasteiger partial charge in [-0.1, -0.05) is 37.2 Å². The van der Waals surface area contributed by atoms with Gasteiger partial charge in [-0.25, -0.2) is 8.42 Å². The maximum atomic E-state index is 13.0. The summed E-state index contributed by atoms with van der Waals surface area (Å²) in [4.78, 5) is 0.375. The van der Waals surface area contributed by atoms with Crippen molar-refractivity contribution in [2.45, 2.75) is 50.5 Å². The Morgan fingerprint density at radius 2 is 2.04 bits per heavy atom. The number of hydrogen-bond acceptors (Lipinski definition) is 4. The second-order valence-corrected chi connectivity index (χ2v) is 8.21. The lowest BCUT2D eigenvalue weighted by Crippen LogP contribution is -2.31. The van der Waals surface area contributed by atoms with Crippen LogP contribution in [-0.4, -0.2) is 24.4 Å². The lowest BCUT2D eigenvalue weighted by molar-refractivity contribution is 0.338. The van der Waals surface area contributed by atoms with Gasteiger partial charge in [0.15, 0.2) is 0 Å². The number of nitrogens with zero attached hydrogens (tertiary/aromatic N) is 2. The van der Waals surface area contributed by atoms with Crippen LogP contribution in [0.2, 0.25) is 0 Å². The Morgan fingerprint density at radius 3 is 2.70 bits per heavy atom. The average molecular weight is 334 g/mol. The highest BCUT2D eigenvalue weighted by Gasteiger charge is 2.38. The van der Waals surface area contributed by atoms with Crippen molar-refractivity contribution in [1.29, 1.82) is 0 Å². The van der Waals surface area contributed by atoms with Crippen LogP contribution >= 0.6 is 0 Å². The normalized spacial score (nSPS) is 19.6. The monoisotopic (exact) mass is 334 g/mol. The molecular formula is C17H22N2O3S. The summed E-state index contributed by atoms with van der Waals surface area (Å²) in [5, 5.41) is 4.12. The first-order valence-electron chi connectivity index (χ1n) is 7.95. The molecule has 0 unspecified atom stereocenters. The maximum absolute atomic E-state index is 13.0. The van der Waals surface area contributed by atoms with E-state index in [4.69, 9.17) is 4.52 Å². The van der Waals surface area contributed by atoms with Crippen LogP contribution in [0.4, 0.5) is 0 Å². The molecule has 2 heterocycles. The maximum Gasteiger partial charge on any atom is 0.243 e. The summed E-state index contributed by atoms with van der Waals surface area (Å²) in [6.45, 7) is 6.40. The van der Waals surface area contributed by atoms with Crippen molar-refractivity contribution in [1.82, 2.24) is 9.46 Å². The van der Waals surface area contributed by atoms with Crippen LogP contribution in [0.5, 0.6) is 0 Å². The van der Waals surface area contributed by atoms with E-state index in [1.54, 1.807) is 16.4 Å². The van der Waals surface area contributed by atoms with E-state index in [2.05, 4.69) is 5.16 Å². The first-order chi connectivity index (χ1) is 10.9. The second-order valence-electron chi connectivity index (χ2n) is 6.35. The Balaban J connectivity index is 1.96. The number of benzene rings is 1. The lowest BCUT2D eigenvalue weighted by atomic mass is 10.1. The van der Waals surface area contributed by atoms with Crippen LogP contribution in [-0.2, 0) is 10.0 Å². The van der Waals surface area contributed by atoms with E-state index >= 15 is 0 Å². The number of rotatable bonds is 4. The molecule has 124 valence electrons. The third-order valence-electron chi connectivity index (χ3n) is 4.34. The minimum atomic E-state index is -3.53. The van der Waals surface area contributed by atoms with Gasteiger partial charge in [0, 0.05) is 18.5 Å². The predicted molar refractivity (Wildman–Crippen MR) is 87.6 cm³/mol. The molecule has 1 saturated heterocycles. The van der Waals surface area contributed by atoms with Crippen molar-refractivity contribution in [3.8, 4) is 0 Å². The molecule has 1 fully saturated rings. The summed E-state index contributed by atoms with van der Waals surface area (Å²) < 4.78 is 33.0. The number of aryl methyl sites for hydroxylation is 1. The largest absolute Gasteiger partial charge is 0.361 e. The Kier molecular flexibility index (Phi) is 4.29. The molecule has 1 atom stereocenters. The SMILES string of the molecule is Cc1ccccc1S(=O)(=O)N1CCC[C@H]1c1cc(C(C)C)on1. The van der Waals surface area contributed by atoms with E-state index in [1.165, 1.54) is 0 Å². The van der Waals surface area contributed by atoms with Gasteiger partial charge in [0.1, 0.15) is 11.5 Å². The van der Waals surface area contributed by atoms with Gasteiger partial charge in [-0.2, -0.15) is 4.31 Å². The van der Waals surface area contributed by atoms with Crippen LogP contribution in [0.25, 0.3) is 0 Å². The van der Waals surface area contributed by atoms with E-state index in [0.717, 1.165) is 24.2 Å². The van der Waals surface area contributed by atoms with Gasteiger partial charge < -0.3 is 4.52 Å². The molecule has 5 nitrogen and oxygen atoms in total. The van der Waals surface area contributed by atoms with Gasteiger partial charge in [-0.05, 0) is 31.4 Å². The standard InChI is InChI=1S/C17H22N2O3S/c1-12(2)16-11-14(18-22-16)15-8-6-10-19(15)23(20,21)17-9-5-4-7-13(17)3/h4-5,7,9,11-12,15H,6,8,10H2,1-3H3/t15-/m0/s1. The van der Waals surface area contributed by atoms with E-state index in [9.17, 15) is 8.42 Å². The van der Waals surface area contributed by atoms with Crippen molar-refractivity contribution in [3.63, 3.8) is 0 Å².